The number of nitrogens with one attached hydrogen (secondary N) is 1. The van der Waals surface area contributed by atoms with E-state index in [2.05, 4.69) is 9.71 Å². The molecule has 0 saturated heterocycles. The Balaban J connectivity index is 2.73. The fraction of sp³-hybridized carbons (Fsp3) is 0.625. The van der Waals surface area contributed by atoms with Crippen LogP contribution in [0.4, 0.5) is 0 Å². The Bertz CT molecular complexity index is 397. The van der Waals surface area contributed by atoms with Crippen molar-refractivity contribution in [1.82, 2.24) is 9.71 Å². The van der Waals surface area contributed by atoms with Crippen LogP contribution in [-0.2, 0) is 10.0 Å². The predicted molar refractivity (Wildman–Crippen MR) is 57.9 cm³/mol. The van der Waals surface area contributed by atoms with Crippen LogP contribution in [0.1, 0.15) is 30.6 Å². The molecule has 80 valence electrons. The molecule has 1 rings (SSSR count). The van der Waals surface area contributed by atoms with E-state index in [0.29, 0.717) is 0 Å². The third-order valence-electron chi connectivity index (χ3n) is 1.74. The molecule has 0 aliphatic rings. The van der Waals surface area contributed by atoms with Gasteiger partial charge in [0.2, 0.25) is 10.0 Å². The van der Waals surface area contributed by atoms with E-state index < -0.39 is 10.0 Å². The minimum absolute atomic E-state index is 0.0989. The largest absolute Gasteiger partial charge is 0.245 e. The molecule has 0 aliphatic carbocycles. The molecule has 1 aromatic rings. The molecule has 0 fully saturated rings. The minimum Gasteiger partial charge on any atom is -0.245 e. The average Bonchev–Trinajstić information content (AvgIpc) is 2.51. The lowest BCUT2D eigenvalue weighted by Crippen LogP contribution is -2.28. The van der Waals surface area contributed by atoms with Gasteiger partial charge in [0.25, 0.3) is 0 Å². The van der Waals surface area contributed by atoms with Crippen molar-refractivity contribution in [1.29, 1.82) is 0 Å². The second-order valence-corrected chi connectivity index (χ2v) is 6.00. The van der Waals surface area contributed by atoms with E-state index in [-0.39, 0.29) is 11.8 Å². The Morgan fingerprint density at radius 2 is 2.29 bits per heavy atom. The van der Waals surface area contributed by atoms with Gasteiger partial charge in [-0.1, -0.05) is 0 Å². The quantitative estimate of drug-likeness (QED) is 0.858. The Kier molecular flexibility index (Phi) is 3.63. The number of nitrogens with zero attached hydrogens (tertiary/aromatic N) is 1. The van der Waals surface area contributed by atoms with Crippen molar-refractivity contribution in [3.8, 4) is 0 Å². The molecule has 1 unspecified atom stereocenters. The summed E-state index contributed by atoms with van der Waals surface area (Å²) in [5, 5.41) is 2.71. The van der Waals surface area contributed by atoms with Crippen LogP contribution in [-0.4, -0.2) is 19.2 Å². The van der Waals surface area contributed by atoms with Crippen LogP contribution >= 0.6 is 11.3 Å². The van der Waals surface area contributed by atoms with Crippen LogP contribution in [0.3, 0.4) is 0 Å². The van der Waals surface area contributed by atoms with Gasteiger partial charge in [-0.3, -0.25) is 0 Å². The van der Waals surface area contributed by atoms with E-state index in [1.54, 1.807) is 13.8 Å². The summed E-state index contributed by atoms with van der Waals surface area (Å²) in [4.78, 5) is 4.22. The second-order valence-electron chi connectivity index (χ2n) is 3.07. The summed E-state index contributed by atoms with van der Waals surface area (Å²) in [5.41, 5.74) is 0.924. The standard InChI is InChI=1S/C8H14N2O2S2/c1-4-14(11,12)10-7(3)8-9-6(2)5-13-8/h5,7,10H,4H2,1-3H3. The molecule has 0 aromatic carbocycles. The fourth-order valence-corrected chi connectivity index (χ4v) is 2.67. The van der Waals surface area contributed by atoms with Gasteiger partial charge in [-0.15, -0.1) is 11.3 Å². The van der Waals surface area contributed by atoms with Gasteiger partial charge in [-0.05, 0) is 20.8 Å². The average molecular weight is 234 g/mol. The molecular weight excluding hydrogens is 220 g/mol. The number of rotatable bonds is 4. The van der Waals surface area contributed by atoms with Crippen molar-refractivity contribution in [2.24, 2.45) is 0 Å². The number of aromatic nitrogens is 1. The Hall–Kier alpha value is -0.460. The van der Waals surface area contributed by atoms with Crippen LogP contribution in [0.2, 0.25) is 0 Å². The first-order valence-corrected chi connectivity index (χ1v) is 6.90. The highest BCUT2D eigenvalue weighted by Gasteiger charge is 2.15. The Morgan fingerprint density at radius 3 is 2.71 bits per heavy atom. The smallest absolute Gasteiger partial charge is 0.211 e. The van der Waals surface area contributed by atoms with Crippen molar-refractivity contribution in [2.45, 2.75) is 26.8 Å². The van der Waals surface area contributed by atoms with Gasteiger partial charge >= 0.3 is 0 Å². The van der Waals surface area contributed by atoms with Crippen molar-refractivity contribution in [3.63, 3.8) is 0 Å². The fourth-order valence-electron chi connectivity index (χ4n) is 0.974. The molecule has 0 bridgehead atoms. The number of aryl methyl sites for hydroxylation is 1. The van der Waals surface area contributed by atoms with E-state index in [4.69, 9.17) is 0 Å². The van der Waals surface area contributed by atoms with Crippen molar-refractivity contribution >= 4 is 21.4 Å². The lowest BCUT2D eigenvalue weighted by atomic mass is 10.4. The first kappa shape index (κ1) is 11.6. The zero-order valence-electron chi connectivity index (χ0n) is 8.44. The number of thiazole rings is 1. The molecule has 0 radical (unpaired) electrons. The van der Waals surface area contributed by atoms with E-state index in [0.717, 1.165) is 10.7 Å². The molecular formula is C8H14N2O2S2. The normalized spacial score (nSPS) is 14.2. The first-order valence-electron chi connectivity index (χ1n) is 4.36. The zero-order chi connectivity index (χ0) is 10.8. The van der Waals surface area contributed by atoms with E-state index in [1.165, 1.54) is 11.3 Å². The summed E-state index contributed by atoms with van der Waals surface area (Å²) in [6.45, 7) is 5.30. The molecule has 1 atom stereocenters. The highest BCUT2D eigenvalue weighted by Crippen LogP contribution is 2.17. The lowest BCUT2D eigenvalue weighted by molar-refractivity contribution is 0.567. The lowest BCUT2D eigenvalue weighted by Gasteiger charge is -2.09. The summed E-state index contributed by atoms with van der Waals surface area (Å²) in [7, 11) is -3.14. The summed E-state index contributed by atoms with van der Waals surface area (Å²) >= 11 is 1.47. The van der Waals surface area contributed by atoms with Crippen LogP contribution in [0.25, 0.3) is 0 Å². The van der Waals surface area contributed by atoms with Gasteiger partial charge in [0, 0.05) is 11.1 Å². The molecule has 0 amide bonds. The van der Waals surface area contributed by atoms with Gasteiger partial charge in [-0.25, -0.2) is 18.1 Å². The summed E-state index contributed by atoms with van der Waals surface area (Å²) in [5.74, 6) is 0.0989. The molecule has 0 spiro atoms. The topological polar surface area (TPSA) is 59.1 Å². The third-order valence-corrected chi connectivity index (χ3v) is 4.36. The Labute approximate surface area is 88.4 Å². The van der Waals surface area contributed by atoms with Crippen molar-refractivity contribution in [2.75, 3.05) is 5.75 Å². The van der Waals surface area contributed by atoms with E-state index in [1.807, 2.05) is 12.3 Å². The van der Waals surface area contributed by atoms with Gasteiger partial charge in [0.1, 0.15) is 5.01 Å². The van der Waals surface area contributed by atoms with Crippen LogP contribution in [0, 0.1) is 6.92 Å². The summed E-state index contributed by atoms with van der Waals surface area (Å²) < 4.78 is 25.1. The Morgan fingerprint density at radius 1 is 1.64 bits per heavy atom. The van der Waals surface area contributed by atoms with Gasteiger partial charge in [-0.2, -0.15) is 0 Å². The van der Waals surface area contributed by atoms with Gasteiger partial charge in [0.05, 0.1) is 11.8 Å². The number of hydrogen-bond donors (Lipinski definition) is 1. The highest BCUT2D eigenvalue weighted by atomic mass is 32.2. The highest BCUT2D eigenvalue weighted by molar-refractivity contribution is 7.89. The SMILES string of the molecule is CCS(=O)(=O)NC(C)c1nc(C)cs1. The predicted octanol–water partition coefficient (Wildman–Crippen LogP) is 1.45. The number of hydrogen-bond acceptors (Lipinski definition) is 4. The van der Waals surface area contributed by atoms with Crippen LogP contribution in [0.5, 0.6) is 0 Å². The molecule has 1 N–H and O–H groups in total. The van der Waals surface area contributed by atoms with E-state index in [9.17, 15) is 8.42 Å². The molecule has 1 heterocycles. The maximum absolute atomic E-state index is 11.3. The molecule has 14 heavy (non-hydrogen) atoms. The molecule has 6 heteroatoms. The minimum atomic E-state index is -3.14. The molecule has 1 aromatic heterocycles. The molecule has 0 aliphatic heterocycles. The summed E-state index contributed by atoms with van der Waals surface area (Å²) in [6, 6.07) is -0.237. The van der Waals surface area contributed by atoms with Gasteiger partial charge in [0.15, 0.2) is 0 Å². The maximum Gasteiger partial charge on any atom is 0.211 e. The zero-order valence-corrected chi connectivity index (χ0v) is 10.1. The second kappa shape index (κ2) is 4.37. The van der Waals surface area contributed by atoms with E-state index >= 15 is 0 Å². The van der Waals surface area contributed by atoms with Crippen LogP contribution in [0.15, 0.2) is 5.38 Å². The molecule has 4 nitrogen and oxygen atoms in total. The van der Waals surface area contributed by atoms with Crippen molar-refractivity contribution in [3.05, 3.63) is 16.1 Å². The van der Waals surface area contributed by atoms with Crippen molar-refractivity contribution < 1.29 is 8.42 Å². The van der Waals surface area contributed by atoms with Gasteiger partial charge < -0.3 is 0 Å². The third kappa shape index (κ3) is 3.04. The maximum atomic E-state index is 11.3. The monoisotopic (exact) mass is 234 g/mol. The summed E-state index contributed by atoms with van der Waals surface area (Å²) in [6.07, 6.45) is 0. The molecule has 0 saturated carbocycles. The number of sulfonamides is 1. The van der Waals surface area contributed by atoms with Crippen LogP contribution < -0.4 is 4.72 Å². The first-order chi connectivity index (χ1) is 6.44.